The van der Waals surface area contributed by atoms with Crippen molar-refractivity contribution in [1.29, 1.82) is 0 Å². The monoisotopic (exact) mass is 144 g/mol. The van der Waals surface area contributed by atoms with E-state index in [0.29, 0.717) is 6.10 Å². The number of thioether (sulfide) groups is 1. The third kappa shape index (κ3) is 1.10. The summed E-state index contributed by atoms with van der Waals surface area (Å²) in [6.45, 7) is 1.01. The van der Waals surface area contributed by atoms with Crippen LogP contribution in [0.15, 0.2) is 0 Å². The molecule has 2 unspecified atom stereocenters. The normalized spacial score (nSPS) is 42.7. The average molecular weight is 144 g/mol. The second-order valence-corrected chi connectivity index (χ2v) is 4.10. The Balaban J connectivity index is 1.90. The van der Waals surface area contributed by atoms with E-state index in [2.05, 4.69) is 11.8 Å². The number of hydrogen-bond donors (Lipinski definition) is 0. The van der Waals surface area contributed by atoms with Crippen molar-refractivity contribution >= 4 is 11.8 Å². The molecule has 1 nitrogen and oxygen atoms in total. The molecule has 0 aromatic heterocycles. The quantitative estimate of drug-likeness (QED) is 0.511. The first kappa shape index (κ1) is 6.05. The molecule has 1 aliphatic carbocycles. The van der Waals surface area contributed by atoms with Gasteiger partial charge >= 0.3 is 0 Å². The van der Waals surface area contributed by atoms with Gasteiger partial charge in [-0.05, 0) is 25.0 Å². The summed E-state index contributed by atoms with van der Waals surface area (Å²) >= 11 is 2.11. The van der Waals surface area contributed by atoms with Gasteiger partial charge in [0, 0.05) is 11.9 Å². The molecule has 1 saturated carbocycles. The molecular formula is C7H12OS. The summed E-state index contributed by atoms with van der Waals surface area (Å²) in [6.07, 6.45) is 4.61. The van der Waals surface area contributed by atoms with Crippen LogP contribution in [0.3, 0.4) is 0 Å². The second-order valence-electron chi connectivity index (χ2n) is 2.75. The van der Waals surface area contributed by atoms with Crippen LogP contribution in [0.1, 0.15) is 19.3 Å². The van der Waals surface area contributed by atoms with Gasteiger partial charge in [-0.2, -0.15) is 11.8 Å². The predicted octanol–water partition coefficient (Wildman–Crippen LogP) is 1.67. The molecule has 0 radical (unpaired) electrons. The van der Waals surface area contributed by atoms with Gasteiger partial charge in [0.15, 0.2) is 0 Å². The fourth-order valence-corrected chi connectivity index (χ4v) is 2.67. The van der Waals surface area contributed by atoms with E-state index >= 15 is 0 Å². The van der Waals surface area contributed by atoms with E-state index in [1.54, 1.807) is 0 Å². The van der Waals surface area contributed by atoms with Crippen LogP contribution >= 0.6 is 11.8 Å². The molecule has 1 aliphatic heterocycles. The van der Waals surface area contributed by atoms with E-state index in [-0.39, 0.29) is 0 Å². The third-order valence-electron chi connectivity index (χ3n) is 2.10. The van der Waals surface area contributed by atoms with Crippen LogP contribution in [-0.2, 0) is 4.74 Å². The molecule has 2 aliphatic rings. The van der Waals surface area contributed by atoms with E-state index in [0.717, 1.165) is 11.9 Å². The summed E-state index contributed by atoms with van der Waals surface area (Å²) in [5.74, 6) is 1.32. The van der Waals surface area contributed by atoms with Crippen LogP contribution in [0.5, 0.6) is 0 Å². The van der Waals surface area contributed by atoms with Crippen LogP contribution < -0.4 is 0 Å². The maximum Gasteiger partial charge on any atom is 0.0694 e. The fraction of sp³-hybridized carbons (Fsp3) is 1.00. The van der Waals surface area contributed by atoms with Gasteiger partial charge in [-0.15, -0.1) is 0 Å². The average Bonchev–Trinajstić information content (AvgIpc) is 1.94. The molecule has 0 N–H and O–H groups in total. The molecule has 2 rings (SSSR count). The summed E-state index contributed by atoms with van der Waals surface area (Å²) in [4.78, 5) is 0. The molecule has 1 saturated heterocycles. The summed E-state index contributed by atoms with van der Waals surface area (Å²) in [6, 6.07) is 0. The van der Waals surface area contributed by atoms with Crippen LogP contribution in [0.2, 0.25) is 0 Å². The molecule has 52 valence electrons. The highest BCUT2D eigenvalue weighted by atomic mass is 32.2. The van der Waals surface area contributed by atoms with E-state index in [9.17, 15) is 0 Å². The molecule has 0 spiro atoms. The zero-order valence-electron chi connectivity index (χ0n) is 5.51. The zero-order valence-corrected chi connectivity index (χ0v) is 6.32. The highest BCUT2D eigenvalue weighted by molar-refractivity contribution is 8.00. The van der Waals surface area contributed by atoms with E-state index in [4.69, 9.17) is 4.74 Å². The van der Waals surface area contributed by atoms with Crippen molar-refractivity contribution < 1.29 is 4.74 Å². The minimum atomic E-state index is 0.637. The van der Waals surface area contributed by atoms with E-state index < -0.39 is 0 Å². The van der Waals surface area contributed by atoms with Crippen molar-refractivity contribution in [3.8, 4) is 0 Å². The maximum absolute atomic E-state index is 5.58. The standard InChI is InChI=1S/C7H12OS/c1-4-8-6-2-3-7(6)9-5-1/h6-7H,1-5H2. The first-order valence-corrected chi connectivity index (χ1v) is 4.75. The Bertz CT molecular complexity index is 93.1. The molecular weight excluding hydrogens is 132 g/mol. The molecule has 0 aromatic carbocycles. The van der Waals surface area contributed by atoms with Crippen LogP contribution in [-0.4, -0.2) is 23.7 Å². The smallest absolute Gasteiger partial charge is 0.0694 e. The summed E-state index contributed by atoms with van der Waals surface area (Å²) < 4.78 is 5.58. The van der Waals surface area contributed by atoms with Crippen molar-refractivity contribution in [2.75, 3.05) is 12.4 Å². The Morgan fingerprint density at radius 2 is 2.33 bits per heavy atom. The van der Waals surface area contributed by atoms with Gasteiger partial charge in [-0.1, -0.05) is 0 Å². The highest BCUT2D eigenvalue weighted by Gasteiger charge is 2.32. The number of ether oxygens (including phenoxy) is 1. The largest absolute Gasteiger partial charge is 0.377 e. The predicted molar refractivity (Wildman–Crippen MR) is 39.8 cm³/mol. The van der Waals surface area contributed by atoms with Crippen LogP contribution in [0.4, 0.5) is 0 Å². The molecule has 9 heavy (non-hydrogen) atoms. The zero-order chi connectivity index (χ0) is 6.10. The van der Waals surface area contributed by atoms with Gasteiger partial charge in [0.1, 0.15) is 0 Å². The molecule has 1 heterocycles. The van der Waals surface area contributed by atoms with Crippen molar-refractivity contribution in [2.45, 2.75) is 30.6 Å². The van der Waals surface area contributed by atoms with E-state index in [1.807, 2.05) is 0 Å². The number of rotatable bonds is 0. The molecule has 0 amide bonds. The van der Waals surface area contributed by atoms with Gasteiger partial charge < -0.3 is 4.74 Å². The second kappa shape index (κ2) is 2.51. The fourth-order valence-electron chi connectivity index (χ4n) is 1.35. The lowest BCUT2D eigenvalue weighted by Gasteiger charge is -2.33. The topological polar surface area (TPSA) is 9.23 Å². The van der Waals surface area contributed by atoms with Gasteiger partial charge in [0.25, 0.3) is 0 Å². The first-order chi connectivity index (χ1) is 4.47. The van der Waals surface area contributed by atoms with E-state index in [1.165, 1.54) is 25.0 Å². The molecule has 2 atom stereocenters. The Kier molecular flexibility index (Phi) is 1.68. The van der Waals surface area contributed by atoms with Gasteiger partial charge in [-0.3, -0.25) is 0 Å². The minimum Gasteiger partial charge on any atom is -0.377 e. The SMILES string of the molecule is C1COC2CCC2SC1. The van der Waals surface area contributed by atoms with Gasteiger partial charge in [0.2, 0.25) is 0 Å². The summed E-state index contributed by atoms with van der Waals surface area (Å²) in [5.41, 5.74) is 0. The molecule has 2 fully saturated rings. The van der Waals surface area contributed by atoms with Crippen LogP contribution in [0.25, 0.3) is 0 Å². The van der Waals surface area contributed by atoms with Crippen molar-refractivity contribution in [3.63, 3.8) is 0 Å². The van der Waals surface area contributed by atoms with Crippen molar-refractivity contribution in [1.82, 2.24) is 0 Å². The Morgan fingerprint density at radius 1 is 1.33 bits per heavy atom. The van der Waals surface area contributed by atoms with Crippen molar-refractivity contribution in [2.24, 2.45) is 0 Å². The molecule has 0 aromatic rings. The Hall–Kier alpha value is 0.310. The summed E-state index contributed by atoms with van der Waals surface area (Å²) in [5, 5.41) is 0.868. The van der Waals surface area contributed by atoms with Gasteiger partial charge in [-0.25, -0.2) is 0 Å². The summed E-state index contributed by atoms with van der Waals surface area (Å²) in [7, 11) is 0. The highest BCUT2D eigenvalue weighted by Crippen LogP contribution is 2.36. The lowest BCUT2D eigenvalue weighted by molar-refractivity contribution is 0.0129. The molecule has 2 heteroatoms. The number of hydrogen-bond acceptors (Lipinski definition) is 2. The lowest BCUT2D eigenvalue weighted by atomic mass is 9.95. The Labute approximate surface area is 60.2 Å². The molecule has 0 bridgehead atoms. The van der Waals surface area contributed by atoms with Gasteiger partial charge in [0.05, 0.1) is 6.10 Å². The third-order valence-corrected chi connectivity index (χ3v) is 3.59. The Morgan fingerprint density at radius 3 is 3.11 bits per heavy atom. The number of fused-ring (bicyclic) bond motifs is 1. The minimum absolute atomic E-state index is 0.637. The maximum atomic E-state index is 5.58. The van der Waals surface area contributed by atoms with Crippen molar-refractivity contribution in [3.05, 3.63) is 0 Å². The first-order valence-electron chi connectivity index (χ1n) is 3.70. The van der Waals surface area contributed by atoms with Crippen LogP contribution in [0, 0.1) is 0 Å². The lowest BCUT2D eigenvalue weighted by Crippen LogP contribution is -2.35.